The maximum Gasteiger partial charge on any atom is 0.260 e. The van der Waals surface area contributed by atoms with E-state index in [4.69, 9.17) is 0 Å². The highest BCUT2D eigenvalue weighted by molar-refractivity contribution is 7.89. The van der Waals surface area contributed by atoms with Crippen LogP contribution in [0.2, 0.25) is 0 Å². The summed E-state index contributed by atoms with van der Waals surface area (Å²) in [7, 11) is -3.40. The van der Waals surface area contributed by atoms with E-state index >= 15 is 0 Å². The van der Waals surface area contributed by atoms with Crippen molar-refractivity contribution < 1.29 is 8.42 Å². The fraction of sp³-hybridized carbons (Fsp3) is 0.500. The van der Waals surface area contributed by atoms with E-state index in [1.54, 1.807) is 18.3 Å². The van der Waals surface area contributed by atoms with E-state index in [0.29, 0.717) is 26.2 Å². The van der Waals surface area contributed by atoms with Gasteiger partial charge >= 0.3 is 0 Å². The standard InChI is InChI=1S/C10H15N3O2S/c1-9-2-3-10(12-8-9)16(14,15)13-6-4-11-5-7-13/h2-3,8,11H,4-7H2,1H3. The monoisotopic (exact) mass is 241 g/mol. The minimum atomic E-state index is -3.40. The maximum absolute atomic E-state index is 12.1. The van der Waals surface area contributed by atoms with E-state index in [0.717, 1.165) is 5.56 Å². The summed E-state index contributed by atoms with van der Waals surface area (Å²) < 4.78 is 25.7. The molecule has 0 aromatic carbocycles. The molecule has 16 heavy (non-hydrogen) atoms. The van der Waals surface area contributed by atoms with Gasteiger partial charge in [0, 0.05) is 32.4 Å². The number of nitrogens with zero attached hydrogens (tertiary/aromatic N) is 2. The van der Waals surface area contributed by atoms with Crippen molar-refractivity contribution in [3.8, 4) is 0 Å². The zero-order valence-corrected chi connectivity index (χ0v) is 10.00. The van der Waals surface area contributed by atoms with Crippen LogP contribution in [0, 0.1) is 6.92 Å². The third-order valence-electron chi connectivity index (χ3n) is 2.56. The average Bonchev–Trinajstić information content (AvgIpc) is 2.31. The van der Waals surface area contributed by atoms with Gasteiger partial charge < -0.3 is 5.32 Å². The molecule has 2 heterocycles. The Labute approximate surface area is 95.5 Å². The Kier molecular flexibility index (Phi) is 3.22. The number of pyridine rings is 1. The van der Waals surface area contributed by atoms with Gasteiger partial charge in [-0.1, -0.05) is 6.07 Å². The summed E-state index contributed by atoms with van der Waals surface area (Å²) in [5, 5.41) is 3.26. The number of piperazine rings is 1. The Morgan fingerprint density at radius 1 is 1.31 bits per heavy atom. The molecule has 1 saturated heterocycles. The first-order valence-electron chi connectivity index (χ1n) is 5.24. The number of hydrogen-bond donors (Lipinski definition) is 1. The highest BCUT2D eigenvalue weighted by atomic mass is 32.2. The number of hydrogen-bond acceptors (Lipinski definition) is 4. The van der Waals surface area contributed by atoms with E-state index in [1.807, 2.05) is 6.92 Å². The second-order valence-corrected chi connectivity index (χ2v) is 5.71. The molecule has 88 valence electrons. The summed E-state index contributed by atoms with van der Waals surface area (Å²) in [6, 6.07) is 3.33. The fourth-order valence-corrected chi connectivity index (χ4v) is 2.98. The topological polar surface area (TPSA) is 62.3 Å². The fourth-order valence-electron chi connectivity index (χ4n) is 1.62. The third kappa shape index (κ3) is 2.23. The molecule has 0 amide bonds. The average molecular weight is 241 g/mol. The quantitative estimate of drug-likeness (QED) is 0.790. The summed E-state index contributed by atoms with van der Waals surface area (Å²) in [6.45, 7) is 4.31. The second kappa shape index (κ2) is 4.48. The Bertz CT molecular complexity index is 449. The summed E-state index contributed by atoms with van der Waals surface area (Å²) >= 11 is 0. The minimum Gasteiger partial charge on any atom is -0.314 e. The van der Waals surface area contributed by atoms with Gasteiger partial charge in [-0.25, -0.2) is 13.4 Å². The van der Waals surface area contributed by atoms with Crippen LogP contribution >= 0.6 is 0 Å². The molecule has 0 spiro atoms. The molecule has 1 N–H and O–H groups in total. The zero-order chi connectivity index (χ0) is 11.6. The molecular weight excluding hydrogens is 226 g/mol. The highest BCUT2D eigenvalue weighted by Crippen LogP contribution is 2.13. The lowest BCUT2D eigenvalue weighted by Crippen LogP contribution is -2.46. The van der Waals surface area contributed by atoms with Crippen molar-refractivity contribution >= 4 is 10.0 Å². The molecule has 2 rings (SSSR count). The maximum atomic E-state index is 12.1. The van der Waals surface area contributed by atoms with Crippen molar-refractivity contribution in [1.82, 2.24) is 14.6 Å². The normalized spacial score (nSPS) is 18.6. The third-order valence-corrected chi connectivity index (χ3v) is 4.38. The van der Waals surface area contributed by atoms with Crippen LogP contribution in [0.4, 0.5) is 0 Å². The number of aromatic nitrogens is 1. The smallest absolute Gasteiger partial charge is 0.260 e. The summed E-state index contributed by atoms with van der Waals surface area (Å²) in [5.74, 6) is 0. The SMILES string of the molecule is Cc1ccc(S(=O)(=O)N2CCNCC2)nc1. The minimum absolute atomic E-state index is 0.139. The largest absolute Gasteiger partial charge is 0.314 e. The van der Waals surface area contributed by atoms with Crippen LogP contribution in [-0.4, -0.2) is 43.9 Å². The molecule has 6 heteroatoms. The number of sulfonamides is 1. The molecule has 0 bridgehead atoms. The molecule has 0 radical (unpaired) electrons. The zero-order valence-electron chi connectivity index (χ0n) is 9.18. The summed E-state index contributed by atoms with van der Waals surface area (Å²) in [6.07, 6.45) is 1.58. The van der Waals surface area contributed by atoms with E-state index < -0.39 is 10.0 Å². The van der Waals surface area contributed by atoms with Gasteiger partial charge in [0.2, 0.25) is 0 Å². The van der Waals surface area contributed by atoms with Crippen molar-refractivity contribution in [2.45, 2.75) is 11.9 Å². The first kappa shape index (κ1) is 11.5. The molecule has 1 aromatic rings. The van der Waals surface area contributed by atoms with Crippen LogP contribution in [0.5, 0.6) is 0 Å². The number of rotatable bonds is 2. The van der Waals surface area contributed by atoms with Crippen LogP contribution in [0.15, 0.2) is 23.4 Å². The van der Waals surface area contributed by atoms with Crippen molar-refractivity contribution in [2.24, 2.45) is 0 Å². The Morgan fingerprint density at radius 2 is 2.00 bits per heavy atom. The molecule has 0 saturated carbocycles. The van der Waals surface area contributed by atoms with Crippen molar-refractivity contribution in [3.05, 3.63) is 23.9 Å². The van der Waals surface area contributed by atoms with Crippen LogP contribution in [-0.2, 0) is 10.0 Å². The lowest BCUT2D eigenvalue weighted by atomic mass is 10.3. The molecule has 0 atom stereocenters. The van der Waals surface area contributed by atoms with Crippen molar-refractivity contribution in [3.63, 3.8) is 0 Å². The van der Waals surface area contributed by atoms with Gasteiger partial charge in [-0.15, -0.1) is 0 Å². The lowest BCUT2D eigenvalue weighted by molar-refractivity contribution is 0.359. The van der Waals surface area contributed by atoms with Gasteiger partial charge in [0.25, 0.3) is 10.0 Å². The predicted molar refractivity (Wildman–Crippen MR) is 60.6 cm³/mol. The van der Waals surface area contributed by atoms with Crippen LogP contribution in [0.1, 0.15) is 5.56 Å². The Hall–Kier alpha value is -0.980. The van der Waals surface area contributed by atoms with E-state index in [1.165, 1.54) is 4.31 Å². The molecule has 1 aromatic heterocycles. The summed E-state index contributed by atoms with van der Waals surface area (Å²) in [4.78, 5) is 3.98. The molecule has 1 aliphatic heterocycles. The number of aryl methyl sites for hydroxylation is 1. The van der Waals surface area contributed by atoms with E-state index in [-0.39, 0.29) is 5.03 Å². The van der Waals surface area contributed by atoms with Crippen LogP contribution in [0.25, 0.3) is 0 Å². The molecule has 0 aliphatic carbocycles. The molecule has 1 aliphatic rings. The van der Waals surface area contributed by atoms with E-state index in [2.05, 4.69) is 10.3 Å². The highest BCUT2D eigenvalue weighted by Gasteiger charge is 2.26. The Morgan fingerprint density at radius 3 is 2.56 bits per heavy atom. The first-order chi connectivity index (χ1) is 7.60. The molecule has 1 fully saturated rings. The van der Waals surface area contributed by atoms with Gasteiger partial charge in [-0.3, -0.25) is 0 Å². The van der Waals surface area contributed by atoms with Gasteiger partial charge in [-0.2, -0.15) is 4.31 Å². The Balaban J connectivity index is 2.27. The van der Waals surface area contributed by atoms with Crippen LogP contribution in [0.3, 0.4) is 0 Å². The first-order valence-corrected chi connectivity index (χ1v) is 6.68. The second-order valence-electron chi connectivity index (χ2n) is 3.83. The van der Waals surface area contributed by atoms with E-state index in [9.17, 15) is 8.42 Å². The van der Waals surface area contributed by atoms with Crippen molar-refractivity contribution in [2.75, 3.05) is 26.2 Å². The number of nitrogens with one attached hydrogen (secondary N) is 1. The summed E-state index contributed by atoms with van der Waals surface area (Å²) in [5.41, 5.74) is 0.958. The predicted octanol–water partition coefficient (Wildman–Crippen LogP) is -0.0161. The molecule has 5 nitrogen and oxygen atoms in total. The van der Waals surface area contributed by atoms with Gasteiger partial charge in [0.15, 0.2) is 5.03 Å². The van der Waals surface area contributed by atoms with Crippen LogP contribution < -0.4 is 5.32 Å². The molecular formula is C10H15N3O2S. The van der Waals surface area contributed by atoms with Gasteiger partial charge in [-0.05, 0) is 18.6 Å². The molecule has 0 unspecified atom stereocenters. The van der Waals surface area contributed by atoms with Crippen molar-refractivity contribution in [1.29, 1.82) is 0 Å². The lowest BCUT2D eigenvalue weighted by Gasteiger charge is -2.26. The van der Waals surface area contributed by atoms with Gasteiger partial charge in [0.1, 0.15) is 0 Å². The van der Waals surface area contributed by atoms with Gasteiger partial charge in [0.05, 0.1) is 0 Å².